The first kappa shape index (κ1) is 13.9. The van der Waals surface area contributed by atoms with Crippen LogP contribution in [0.5, 0.6) is 0 Å². The van der Waals surface area contributed by atoms with Crippen LogP contribution in [0.25, 0.3) is 16.7 Å². The van der Waals surface area contributed by atoms with E-state index in [1.54, 1.807) is 0 Å². The minimum absolute atomic E-state index is 0.356. The summed E-state index contributed by atoms with van der Waals surface area (Å²) in [6.07, 6.45) is 0. The first-order chi connectivity index (χ1) is 9.61. The standard InChI is InChI=1S/C15H11BrCl2N2/c1-9-3-2-4-13-15(9)20(14(8-17)19-13)10-5-6-12(18)11(16)7-10/h2-7H,8H2,1H3. The third-order valence-corrected chi connectivity index (χ3v) is 4.68. The number of para-hydroxylation sites is 1. The maximum atomic E-state index is 6.07. The van der Waals surface area contributed by atoms with Gasteiger partial charge in [0, 0.05) is 10.2 Å². The molecule has 0 spiro atoms. The summed E-state index contributed by atoms with van der Waals surface area (Å²) in [5.74, 6) is 1.18. The van der Waals surface area contributed by atoms with E-state index in [9.17, 15) is 0 Å². The van der Waals surface area contributed by atoms with Gasteiger partial charge in [-0.2, -0.15) is 0 Å². The first-order valence-corrected chi connectivity index (χ1v) is 7.80. The van der Waals surface area contributed by atoms with Gasteiger partial charge >= 0.3 is 0 Å². The highest BCUT2D eigenvalue weighted by Gasteiger charge is 2.14. The van der Waals surface area contributed by atoms with E-state index >= 15 is 0 Å². The van der Waals surface area contributed by atoms with Gasteiger partial charge in [-0.15, -0.1) is 11.6 Å². The van der Waals surface area contributed by atoms with Crippen molar-refractivity contribution in [2.24, 2.45) is 0 Å². The van der Waals surface area contributed by atoms with Crippen LogP contribution >= 0.6 is 39.1 Å². The van der Waals surface area contributed by atoms with Crippen molar-refractivity contribution >= 4 is 50.2 Å². The largest absolute Gasteiger partial charge is 0.295 e. The number of halogens is 3. The number of alkyl halides is 1. The molecule has 3 aromatic rings. The molecule has 0 aliphatic carbocycles. The van der Waals surface area contributed by atoms with E-state index < -0.39 is 0 Å². The zero-order chi connectivity index (χ0) is 14.3. The zero-order valence-corrected chi connectivity index (χ0v) is 13.8. The molecule has 0 bridgehead atoms. The highest BCUT2D eigenvalue weighted by molar-refractivity contribution is 9.10. The van der Waals surface area contributed by atoms with Crippen LogP contribution in [0.2, 0.25) is 5.02 Å². The Hall–Kier alpha value is -1.03. The molecule has 1 aromatic heterocycles. The third-order valence-electron chi connectivity index (χ3n) is 3.23. The molecule has 0 atom stereocenters. The quantitative estimate of drug-likeness (QED) is 0.546. The lowest BCUT2D eigenvalue weighted by atomic mass is 10.2. The lowest BCUT2D eigenvalue weighted by molar-refractivity contribution is 0.978. The molecule has 0 aliphatic heterocycles. The van der Waals surface area contributed by atoms with E-state index in [2.05, 4.69) is 38.5 Å². The molecule has 0 aliphatic rings. The van der Waals surface area contributed by atoms with Crippen LogP contribution in [-0.4, -0.2) is 9.55 Å². The van der Waals surface area contributed by atoms with E-state index in [4.69, 9.17) is 23.2 Å². The fraction of sp³-hybridized carbons (Fsp3) is 0.133. The van der Waals surface area contributed by atoms with Gasteiger partial charge in [0.05, 0.1) is 21.9 Å². The van der Waals surface area contributed by atoms with Gasteiger partial charge in [0.2, 0.25) is 0 Å². The molecule has 20 heavy (non-hydrogen) atoms. The van der Waals surface area contributed by atoms with Gasteiger partial charge in [0.25, 0.3) is 0 Å². The van der Waals surface area contributed by atoms with Crippen LogP contribution in [0, 0.1) is 6.92 Å². The summed E-state index contributed by atoms with van der Waals surface area (Å²) >= 11 is 15.6. The second kappa shape index (κ2) is 5.40. The zero-order valence-electron chi connectivity index (χ0n) is 10.7. The first-order valence-electron chi connectivity index (χ1n) is 6.10. The molecule has 5 heteroatoms. The fourth-order valence-corrected chi connectivity index (χ4v) is 3.00. The normalized spacial score (nSPS) is 11.2. The molecular formula is C15H11BrCl2N2. The minimum atomic E-state index is 0.356. The number of rotatable bonds is 2. The second-order valence-electron chi connectivity index (χ2n) is 4.54. The van der Waals surface area contributed by atoms with E-state index in [-0.39, 0.29) is 0 Å². The number of aryl methyl sites for hydroxylation is 1. The molecule has 0 radical (unpaired) electrons. The van der Waals surface area contributed by atoms with Crippen molar-refractivity contribution in [2.75, 3.05) is 0 Å². The van der Waals surface area contributed by atoms with E-state index in [0.29, 0.717) is 10.9 Å². The summed E-state index contributed by atoms with van der Waals surface area (Å²) in [6, 6.07) is 11.9. The van der Waals surface area contributed by atoms with Crippen LogP contribution in [0.15, 0.2) is 40.9 Å². The van der Waals surface area contributed by atoms with Gasteiger partial charge in [-0.05, 0) is 52.7 Å². The molecule has 0 N–H and O–H groups in total. The van der Waals surface area contributed by atoms with Crippen molar-refractivity contribution in [2.45, 2.75) is 12.8 Å². The molecule has 3 rings (SSSR count). The monoisotopic (exact) mass is 368 g/mol. The predicted molar refractivity (Wildman–Crippen MR) is 88.1 cm³/mol. The lowest BCUT2D eigenvalue weighted by Crippen LogP contribution is -2.00. The van der Waals surface area contributed by atoms with Crippen LogP contribution < -0.4 is 0 Å². The van der Waals surface area contributed by atoms with Crippen molar-refractivity contribution in [3.63, 3.8) is 0 Å². The summed E-state index contributed by atoms with van der Waals surface area (Å²) in [6.45, 7) is 2.07. The van der Waals surface area contributed by atoms with Crippen molar-refractivity contribution in [1.29, 1.82) is 0 Å². The Labute approximate surface area is 135 Å². The van der Waals surface area contributed by atoms with Gasteiger partial charge in [0.1, 0.15) is 5.82 Å². The maximum Gasteiger partial charge on any atom is 0.129 e. The van der Waals surface area contributed by atoms with Crippen molar-refractivity contribution < 1.29 is 0 Å². The molecular weight excluding hydrogens is 359 g/mol. The van der Waals surface area contributed by atoms with Crippen molar-refractivity contribution in [1.82, 2.24) is 9.55 Å². The number of hydrogen-bond acceptors (Lipinski definition) is 1. The molecule has 0 saturated carbocycles. The van der Waals surface area contributed by atoms with Gasteiger partial charge in [0.15, 0.2) is 0 Å². The molecule has 0 amide bonds. The highest BCUT2D eigenvalue weighted by Crippen LogP contribution is 2.29. The Morgan fingerprint density at radius 1 is 1.25 bits per heavy atom. The lowest BCUT2D eigenvalue weighted by Gasteiger charge is -2.10. The minimum Gasteiger partial charge on any atom is -0.295 e. The molecule has 0 saturated heterocycles. The number of nitrogens with zero attached hydrogens (tertiary/aromatic N) is 2. The number of imidazole rings is 1. The average molecular weight is 370 g/mol. The van der Waals surface area contributed by atoms with Crippen LogP contribution in [0.3, 0.4) is 0 Å². The smallest absolute Gasteiger partial charge is 0.129 e. The summed E-state index contributed by atoms with van der Waals surface area (Å²) in [4.78, 5) is 4.60. The Morgan fingerprint density at radius 2 is 2.05 bits per heavy atom. The second-order valence-corrected chi connectivity index (χ2v) is 6.07. The molecule has 2 aromatic carbocycles. The van der Waals surface area contributed by atoms with Crippen LogP contribution in [0.1, 0.15) is 11.4 Å². The summed E-state index contributed by atoms with van der Waals surface area (Å²) < 4.78 is 2.94. The Balaban J connectivity index is 2.36. The van der Waals surface area contributed by atoms with Crippen LogP contribution in [0.4, 0.5) is 0 Å². The van der Waals surface area contributed by atoms with E-state index in [1.807, 2.05) is 30.3 Å². The summed E-state index contributed by atoms with van der Waals surface area (Å²) in [7, 11) is 0. The number of hydrogen-bond donors (Lipinski definition) is 0. The topological polar surface area (TPSA) is 17.8 Å². The van der Waals surface area contributed by atoms with E-state index in [1.165, 1.54) is 0 Å². The predicted octanol–water partition coefficient (Wildman–Crippen LogP) is 5.49. The summed E-state index contributed by atoms with van der Waals surface area (Å²) in [5.41, 5.74) is 4.19. The van der Waals surface area contributed by atoms with Crippen LogP contribution in [-0.2, 0) is 5.88 Å². The van der Waals surface area contributed by atoms with Gasteiger partial charge in [-0.1, -0.05) is 23.7 Å². The fourth-order valence-electron chi connectivity index (χ4n) is 2.33. The highest BCUT2D eigenvalue weighted by atomic mass is 79.9. The molecule has 1 heterocycles. The number of fused-ring (bicyclic) bond motifs is 1. The Morgan fingerprint density at radius 3 is 2.75 bits per heavy atom. The van der Waals surface area contributed by atoms with Crippen molar-refractivity contribution in [3.05, 3.63) is 57.3 Å². The average Bonchev–Trinajstić information content (AvgIpc) is 2.82. The van der Waals surface area contributed by atoms with E-state index in [0.717, 1.165) is 32.6 Å². The molecule has 2 nitrogen and oxygen atoms in total. The van der Waals surface area contributed by atoms with Gasteiger partial charge in [-0.3, -0.25) is 4.57 Å². The molecule has 0 unspecified atom stereocenters. The third kappa shape index (κ3) is 2.24. The maximum absolute atomic E-state index is 6.07. The molecule has 102 valence electrons. The Kier molecular flexibility index (Phi) is 3.76. The van der Waals surface area contributed by atoms with Gasteiger partial charge < -0.3 is 0 Å². The number of benzene rings is 2. The SMILES string of the molecule is Cc1cccc2nc(CCl)n(-c3ccc(Cl)c(Br)c3)c12. The Bertz CT molecular complexity index is 796. The van der Waals surface area contributed by atoms with Gasteiger partial charge in [-0.25, -0.2) is 4.98 Å². The number of aromatic nitrogens is 2. The summed E-state index contributed by atoms with van der Waals surface area (Å²) in [5, 5.41) is 0.683. The van der Waals surface area contributed by atoms with Crippen molar-refractivity contribution in [3.8, 4) is 5.69 Å². The molecule has 0 fully saturated rings.